The van der Waals surface area contributed by atoms with Gasteiger partial charge in [-0.2, -0.15) is 0 Å². The quantitative estimate of drug-likeness (QED) is 0.163. The van der Waals surface area contributed by atoms with Crippen molar-refractivity contribution in [3.8, 4) is 0 Å². The second kappa shape index (κ2) is 8.20. The number of aliphatic imine (C=N–C) groups is 1. The average Bonchev–Trinajstić information content (AvgIpc) is 1.68. The van der Waals surface area contributed by atoms with Crippen molar-refractivity contribution < 1.29 is 24.0 Å². The van der Waals surface area contributed by atoms with Gasteiger partial charge in [0.1, 0.15) is 6.21 Å². The van der Waals surface area contributed by atoms with E-state index in [1.807, 2.05) is 13.8 Å². The Hall–Kier alpha value is 0.200. The van der Waals surface area contributed by atoms with Crippen LogP contribution in [0, 0.1) is 0 Å². The summed E-state index contributed by atoms with van der Waals surface area (Å²) in [6, 6.07) is 0. The molecular weight excluding hydrogens is 247 g/mol. The van der Waals surface area contributed by atoms with E-state index in [4.69, 9.17) is 0 Å². The van der Waals surface area contributed by atoms with Gasteiger partial charge in [-0.15, -0.1) is 0 Å². The molecule has 0 radical (unpaired) electrons. The molecule has 4 heteroatoms. The topological polar surface area (TPSA) is 26.5 Å². The fourth-order valence-electron chi connectivity index (χ4n) is 0.264. The van der Waals surface area contributed by atoms with E-state index in [-0.39, 0.29) is 24.0 Å². The Labute approximate surface area is 77.6 Å². The number of thiol groups is 1. The van der Waals surface area contributed by atoms with E-state index in [0.29, 0.717) is 5.17 Å². The summed E-state index contributed by atoms with van der Waals surface area (Å²) < 4.78 is 3.77. The first-order valence-corrected chi connectivity index (χ1v) is 2.79. The molecule has 0 fully saturated rings. The second-order valence-corrected chi connectivity index (χ2v) is 1.47. The lowest BCUT2D eigenvalue weighted by Crippen LogP contribution is -3.00. The highest BCUT2D eigenvalue weighted by Crippen LogP contribution is 1.74. The lowest BCUT2D eigenvalue weighted by atomic mass is 10.9. The molecular formula is C5H9IN2S. The molecule has 0 amide bonds. The molecule has 0 rings (SSSR count). The van der Waals surface area contributed by atoms with Gasteiger partial charge in [0, 0.05) is 6.92 Å². The van der Waals surface area contributed by atoms with Crippen molar-refractivity contribution in [3.05, 3.63) is 0 Å². The number of hydrogen-bond donors (Lipinski definition) is 1. The molecule has 0 aliphatic heterocycles. The third kappa shape index (κ3) is 8.20. The molecule has 0 aliphatic carbocycles. The predicted octanol–water partition coefficient (Wildman–Crippen LogP) is -2.48. The van der Waals surface area contributed by atoms with Gasteiger partial charge < -0.3 is 24.0 Å². The number of halogens is 1. The van der Waals surface area contributed by atoms with Crippen molar-refractivity contribution >= 4 is 30.2 Å². The highest BCUT2D eigenvalue weighted by atomic mass is 127. The molecule has 0 aromatic rings. The van der Waals surface area contributed by atoms with Crippen molar-refractivity contribution in [2.75, 3.05) is 0 Å². The molecule has 0 spiro atoms. The number of rotatable bonds is 0. The molecule has 2 nitrogen and oxygen atoms in total. The maximum Gasteiger partial charge on any atom is 0.447 e. The number of hydrogen-bond acceptors (Lipinski definition) is 0. The fourth-order valence-corrected chi connectivity index (χ4v) is 0.495. The molecule has 0 aliphatic rings. The maximum atomic E-state index is 3.91. The highest BCUT2D eigenvalue weighted by Gasteiger charge is 1.91. The Morgan fingerprint density at radius 1 is 1.56 bits per heavy atom. The third-order valence-electron chi connectivity index (χ3n) is 0.489. The molecule has 0 aromatic heterocycles. The van der Waals surface area contributed by atoms with Crippen molar-refractivity contribution in [2.45, 2.75) is 13.8 Å². The van der Waals surface area contributed by atoms with Gasteiger partial charge in [-0.05, 0) is 24.5 Å². The average molecular weight is 256 g/mol. The van der Waals surface area contributed by atoms with Crippen LogP contribution >= 0.6 is 12.6 Å². The lowest BCUT2D eigenvalue weighted by molar-refractivity contribution is -0.00000185. The van der Waals surface area contributed by atoms with Crippen LogP contribution < -0.4 is 28.6 Å². The number of nitrogens with zero attached hydrogens (tertiary/aromatic N) is 2. The lowest BCUT2D eigenvalue weighted by Gasteiger charge is -1.60. The van der Waals surface area contributed by atoms with E-state index >= 15 is 0 Å². The van der Waals surface area contributed by atoms with Crippen LogP contribution in [0.15, 0.2) is 4.99 Å². The van der Waals surface area contributed by atoms with Gasteiger partial charge in [0.2, 0.25) is 0 Å². The first-order valence-electron chi connectivity index (χ1n) is 2.34. The molecule has 0 saturated carbocycles. The monoisotopic (exact) mass is 256 g/mol. The van der Waals surface area contributed by atoms with Gasteiger partial charge in [0.25, 0.3) is 0 Å². The van der Waals surface area contributed by atoms with Crippen molar-refractivity contribution in [2.24, 2.45) is 4.99 Å². The Kier molecular flexibility index (Phi) is 10.9. The molecule has 52 valence electrons. The summed E-state index contributed by atoms with van der Waals surface area (Å²) in [5, 5.41) is 0.495. The van der Waals surface area contributed by atoms with Crippen LogP contribution in [-0.4, -0.2) is 17.6 Å². The fraction of sp³-hybridized carbons (Fsp3) is 0.400. The van der Waals surface area contributed by atoms with Crippen LogP contribution in [0.3, 0.4) is 0 Å². The van der Waals surface area contributed by atoms with E-state index in [1.54, 1.807) is 12.4 Å². The van der Waals surface area contributed by atoms with Crippen LogP contribution in [0.4, 0.5) is 0 Å². The minimum Gasteiger partial charge on any atom is -1.00 e. The normalized spacial score (nSPS) is 7.89. The molecule has 0 saturated heterocycles. The third-order valence-corrected chi connectivity index (χ3v) is 0.720. The van der Waals surface area contributed by atoms with E-state index in [0.717, 1.165) is 0 Å². The molecule has 0 unspecified atom stereocenters. The van der Waals surface area contributed by atoms with Crippen molar-refractivity contribution in [1.82, 2.24) is 4.67 Å². The van der Waals surface area contributed by atoms with Crippen molar-refractivity contribution in [3.63, 3.8) is 0 Å². The van der Waals surface area contributed by atoms with Gasteiger partial charge >= 0.3 is 5.17 Å². The summed E-state index contributed by atoms with van der Waals surface area (Å²) in [6.45, 7) is 3.64. The smallest absolute Gasteiger partial charge is 0.447 e. The zero-order chi connectivity index (χ0) is 6.41. The summed E-state index contributed by atoms with van der Waals surface area (Å²) in [6.07, 6.45) is 3.30. The second-order valence-electron chi connectivity index (χ2n) is 1.07. The Morgan fingerprint density at radius 3 is 2.44 bits per heavy atom. The van der Waals surface area contributed by atoms with Crippen molar-refractivity contribution in [1.29, 1.82) is 0 Å². The van der Waals surface area contributed by atoms with Gasteiger partial charge in [0.15, 0.2) is 6.21 Å². The van der Waals surface area contributed by atoms with Crippen LogP contribution in [0.2, 0.25) is 0 Å². The Bertz CT molecular complexity index is 147. The zero-order valence-electron chi connectivity index (χ0n) is 5.37. The molecule has 0 atom stereocenters. The molecule has 0 aromatic carbocycles. The van der Waals surface area contributed by atoms with E-state index in [9.17, 15) is 0 Å². The highest BCUT2D eigenvalue weighted by molar-refractivity contribution is 7.96. The first kappa shape index (κ1) is 11.9. The predicted molar refractivity (Wildman–Crippen MR) is 42.0 cm³/mol. The van der Waals surface area contributed by atoms with Crippen LogP contribution in [0.25, 0.3) is 0 Å². The van der Waals surface area contributed by atoms with Gasteiger partial charge in [-0.3, -0.25) is 0 Å². The zero-order valence-corrected chi connectivity index (χ0v) is 8.43. The van der Waals surface area contributed by atoms with Gasteiger partial charge in [-0.1, -0.05) is 0 Å². The number of amidine groups is 1. The minimum atomic E-state index is 0. The molecule has 0 bridgehead atoms. The van der Waals surface area contributed by atoms with Crippen LogP contribution in [0.5, 0.6) is 0 Å². The molecule has 0 N–H and O–H groups in total. The standard InChI is InChI=1S/C5H8N2S.HI/c1-3-6-5(8)7-4-2;/h3-4H,1-2H3;1H. The minimum absolute atomic E-state index is 0. The first-order chi connectivity index (χ1) is 3.81. The summed E-state index contributed by atoms with van der Waals surface area (Å²) in [4.78, 5) is 3.77. The van der Waals surface area contributed by atoms with Gasteiger partial charge in [0.05, 0.1) is 0 Å². The van der Waals surface area contributed by atoms with Crippen LogP contribution in [-0.2, 0) is 0 Å². The summed E-state index contributed by atoms with van der Waals surface area (Å²) >= 11 is 3.91. The largest absolute Gasteiger partial charge is 1.00 e. The van der Waals surface area contributed by atoms with Gasteiger partial charge in [-0.25, -0.2) is 4.67 Å². The summed E-state index contributed by atoms with van der Waals surface area (Å²) in [7, 11) is 0. The SMILES string of the molecule is CC=NC(S)=[N+]=CC.[I-]. The van der Waals surface area contributed by atoms with E-state index in [2.05, 4.69) is 22.3 Å². The summed E-state index contributed by atoms with van der Waals surface area (Å²) in [5.41, 5.74) is 0. The van der Waals surface area contributed by atoms with E-state index < -0.39 is 0 Å². The molecule has 0 heterocycles. The Morgan fingerprint density at radius 2 is 2.11 bits per heavy atom. The maximum absolute atomic E-state index is 3.91. The Balaban J connectivity index is 0. The molecule has 9 heavy (non-hydrogen) atoms. The van der Waals surface area contributed by atoms with Crippen LogP contribution in [0.1, 0.15) is 13.8 Å². The van der Waals surface area contributed by atoms with E-state index in [1.165, 1.54) is 0 Å². The summed E-state index contributed by atoms with van der Waals surface area (Å²) in [5.74, 6) is 0.